The third-order valence-electron chi connectivity index (χ3n) is 5.13. The summed E-state index contributed by atoms with van der Waals surface area (Å²) in [6, 6.07) is 11.5. The Morgan fingerprint density at radius 1 is 1.04 bits per heavy atom. The van der Waals surface area contributed by atoms with Gasteiger partial charge in [0.15, 0.2) is 0 Å². The molecule has 1 aromatic carbocycles. The molecule has 1 saturated heterocycles. The molecule has 4 heteroatoms. The molecular weight excluding hydrogens is 334 g/mol. The number of fused-ring (bicyclic) bond motifs is 1. The Labute approximate surface area is 162 Å². The van der Waals surface area contributed by atoms with Crippen molar-refractivity contribution in [2.75, 3.05) is 19.6 Å². The molecule has 0 saturated carbocycles. The molecule has 4 nitrogen and oxygen atoms in total. The minimum atomic E-state index is 0.293. The van der Waals surface area contributed by atoms with Crippen LogP contribution in [0.3, 0.4) is 0 Å². The summed E-state index contributed by atoms with van der Waals surface area (Å²) in [7, 11) is 0. The molecule has 4 rings (SSSR count). The maximum atomic E-state index is 9.44. The molecule has 1 N–H and O–H groups in total. The second-order valence-corrected chi connectivity index (χ2v) is 7.26. The lowest BCUT2D eigenvalue weighted by Crippen LogP contribution is -2.35. The van der Waals surface area contributed by atoms with Gasteiger partial charge in [-0.05, 0) is 60.7 Å². The van der Waals surface area contributed by atoms with Gasteiger partial charge in [-0.3, -0.25) is 0 Å². The zero-order valence-corrected chi connectivity index (χ0v) is 16.7. The summed E-state index contributed by atoms with van der Waals surface area (Å²) in [4.78, 5) is 7.33. The molecule has 3 heterocycles. The van der Waals surface area contributed by atoms with E-state index in [1.807, 2.05) is 26.0 Å². The first-order valence-electron chi connectivity index (χ1n) is 10.2. The molecule has 1 aliphatic rings. The molecule has 0 amide bonds. The van der Waals surface area contributed by atoms with Crippen LogP contribution in [0, 0.1) is 5.92 Å². The van der Waals surface area contributed by atoms with Gasteiger partial charge in [-0.15, -0.1) is 0 Å². The van der Waals surface area contributed by atoms with Crippen LogP contribution in [-0.2, 0) is 6.42 Å². The van der Waals surface area contributed by atoms with Gasteiger partial charge in [0.25, 0.3) is 0 Å². The summed E-state index contributed by atoms with van der Waals surface area (Å²) >= 11 is 0. The van der Waals surface area contributed by atoms with Crippen molar-refractivity contribution in [2.45, 2.75) is 40.0 Å². The summed E-state index contributed by atoms with van der Waals surface area (Å²) in [6.07, 6.45) is 7.95. The molecule has 3 aromatic rings. The van der Waals surface area contributed by atoms with Gasteiger partial charge < -0.3 is 14.4 Å². The standard InChI is InChI=1S/C21H25N3O.C2H6/c1-16-3-2-11-23(13-16)12-10-19-15-24-14-18(6-9-21(24)22-19)17-4-7-20(25)8-5-17;1-2/h4-9,14-16,25H,2-3,10-13H2,1H3;1-2H3. The molecule has 0 bridgehead atoms. The molecule has 1 unspecified atom stereocenters. The van der Waals surface area contributed by atoms with Gasteiger partial charge in [0.1, 0.15) is 11.4 Å². The van der Waals surface area contributed by atoms with E-state index in [9.17, 15) is 5.11 Å². The number of aromatic hydroxyl groups is 1. The van der Waals surface area contributed by atoms with Gasteiger partial charge >= 0.3 is 0 Å². The number of imidazole rings is 1. The summed E-state index contributed by atoms with van der Waals surface area (Å²) in [5.41, 5.74) is 4.36. The van der Waals surface area contributed by atoms with Crippen LogP contribution < -0.4 is 0 Å². The van der Waals surface area contributed by atoms with E-state index in [2.05, 4.69) is 40.8 Å². The third-order valence-corrected chi connectivity index (χ3v) is 5.13. The second-order valence-electron chi connectivity index (χ2n) is 7.26. The average Bonchev–Trinajstić information content (AvgIpc) is 3.11. The van der Waals surface area contributed by atoms with Crippen molar-refractivity contribution in [1.82, 2.24) is 14.3 Å². The highest BCUT2D eigenvalue weighted by Crippen LogP contribution is 2.23. The van der Waals surface area contributed by atoms with Crippen molar-refractivity contribution >= 4 is 5.65 Å². The van der Waals surface area contributed by atoms with E-state index in [4.69, 9.17) is 4.98 Å². The van der Waals surface area contributed by atoms with Crippen molar-refractivity contribution in [2.24, 2.45) is 5.92 Å². The second kappa shape index (κ2) is 9.05. The van der Waals surface area contributed by atoms with E-state index in [1.54, 1.807) is 12.1 Å². The van der Waals surface area contributed by atoms with Gasteiger partial charge in [-0.1, -0.05) is 32.9 Å². The van der Waals surface area contributed by atoms with Crippen molar-refractivity contribution in [3.8, 4) is 16.9 Å². The van der Waals surface area contributed by atoms with Crippen LogP contribution in [0.25, 0.3) is 16.8 Å². The van der Waals surface area contributed by atoms with Crippen molar-refractivity contribution in [3.63, 3.8) is 0 Å². The SMILES string of the molecule is CC.CC1CCCN(CCc2cn3cc(-c4ccc(O)cc4)ccc3n2)C1. The van der Waals surface area contributed by atoms with E-state index < -0.39 is 0 Å². The Morgan fingerprint density at radius 2 is 1.78 bits per heavy atom. The zero-order chi connectivity index (χ0) is 19.2. The molecule has 1 fully saturated rings. The molecule has 0 aliphatic carbocycles. The largest absolute Gasteiger partial charge is 0.508 e. The minimum Gasteiger partial charge on any atom is -0.508 e. The first-order valence-corrected chi connectivity index (χ1v) is 10.2. The van der Waals surface area contributed by atoms with Gasteiger partial charge in [0.05, 0.1) is 5.69 Å². The van der Waals surface area contributed by atoms with E-state index in [0.717, 1.165) is 41.4 Å². The number of phenols is 1. The summed E-state index contributed by atoms with van der Waals surface area (Å²) < 4.78 is 2.11. The first kappa shape index (κ1) is 19.4. The minimum absolute atomic E-state index is 0.293. The van der Waals surface area contributed by atoms with Crippen LogP contribution in [0.4, 0.5) is 0 Å². The Kier molecular flexibility index (Phi) is 6.51. The molecule has 1 atom stereocenters. The maximum absolute atomic E-state index is 9.44. The fraction of sp³-hybridized carbons (Fsp3) is 0.435. The predicted molar refractivity (Wildman–Crippen MR) is 112 cm³/mol. The number of aromatic nitrogens is 2. The number of pyridine rings is 1. The highest BCUT2D eigenvalue weighted by molar-refractivity contribution is 5.65. The zero-order valence-electron chi connectivity index (χ0n) is 16.7. The van der Waals surface area contributed by atoms with Crippen LogP contribution in [-0.4, -0.2) is 39.0 Å². The van der Waals surface area contributed by atoms with Gasteiger partial charge in [-0.2, -0.15) is 0 Å². The lowest BCUT2D eigenvalue weighted by molar-refractivity contribution is 0.185. The number of piperidine rings is 1. The molecule has 2 aromatic heterocycles. The first-order chi connectivity index (χ1) is 13.2. The van der Waals surface area contributed by atoms with E-state index in [-0.39, 0.29) is 0 Å². The normalized spacial score (nSPS) is 17.5. The van der Waals surface area contributed by atoms with Crippen LogP contribution in [0.2, 0.25) is 0 Å². The molecule has 0 spiro atoms. The van der Waals surface area contributed by atoms with Crippen LogP contribution in [0.15, 0.2) is 48.8 Å². The Bertz CT molecular complexity index is 854. The smallest absolute Gasteiger partial charge is 0.137 e. The third kappa shape index (κ3) is 4.89. The maximum Gasteiger partial charge on any atom is 0.137 e. The van der Waals surface area contributed by atoms with E-state index in [0.29, 0.717) is 5.75 Å². The Hall–Kier alpha value is -2.33. The molecule has 144 valence electrons. The highest BCUT2D eigenvalue weighted by Gasteiger charge is 2.16. The highest BCUT2D eigenvalue weighted by atomic mass is 16.3. The lowest BCUT2D eigenvalue weighted by atomic mass is 10.0. The summed E-state index contributed by atoms with van der Waals surface area (Å²) in [6.45, 7) is 9.89. The quantitative estimate of drug-likeness (QED) is 0.707. The fourth-order valence-corrected chi connectivity index (χ4v) is 3.75. The van der Waals surface area contributed by atoms with Crippen LogP contribution in [0.5, 0.6) is 5.75 Å². The predicted octanol–water partition coefficient (Wildman–Crippen LogP) is 5.01. The average molecular weight is 366 g/mol. The van der Waals surface area contributed by atoms with Crippen molar-refractivity contribution in [3.05, 3.63) is 54.5 Å². The van der Waals surface area contributed by atoms with Crippen molar-refractivity contribution < 1.29 is 5.11 Å². The number of nitrogens with zero attached hydrogens (tertiary/aromatic N) is 3. The summed E-state index contributed by atoms with van der Waals surface area (Å²) in [5.74, 6) is 1.12. The van der Waals surface area contributed by atoms with Crippen LogP contribution >= 0.6 is 0 Å². The lowest BCUT2D eigenvalue weighted by Gasteiger charge is -2.30. The Morgan fingerprint density at radius 3 is 2.52 bits per heavy atom. The monoisotopic (exact) mass is 365 g/mol. The summed E-state index contributed by atoms with van der Waals surface area (Å²) in [5, 5.41) is 9.44. The number of phenolic OH excluding ortho intramolecular Hbond substituents is 1. The van der Waals surface area contributed by atoms with Gasteiger partial charge in [0, 0.05) is 31.9 Å². The molecule has 0 radical (unpaired) electrons. The van der Waals surface area contributed by atoms with Crippen LogP contribution in [0.1, 0.15) is 39.3 Å². The Balaban J connectivity index is 0.00000102. The van der Waals surface area contributed by atoms with Gasteiger partial charge in [-0.25, -0.2) is 4.98 Å². The van der Waals surface area contributed by atoms with E-state index >= 15 is 0 Å². The van der Waals surface area contributed by atoms with Crippen molar-refractivity contribution in [1.29, 1.82) is 0 Å². The number of likely N-dealkylation sites (tertiary alicyclic amines) is 1. The molecule has 1 aliphatic heterocycles. The fourth-order valence-electron chi connectivity index (χ4n) is 3.75. The van der Waals surface area contributed by atoms with E-state index in [1.165, 1.54) is 25.9 Å². The van der Waals surface area contributed by atoms with Gasteiger partial charge in [0.2, 0.25) is 0 Å². The number of rotatable bonds is 4. The number of hydrogen-bond donors (Lipinski definition) is 1. The number of benzene rings is 1. The number of hydrogen-bond acceptors (Lipinski definition) is 3. The topological polar surface area (TPSA) is 40.8 Å². The molecule has 27 heavy (non-hydrogen) atoms. The molecular formula is C23H31N3O.